The minimum atomic E-state index is -1.95. The maximum Gasteiger partial charge on any atom is 0.514 e. The van der Waals surface area contributed by atoms with E-state index in [0.717, 1.165) is 6.92 Å². The summed E-state index contributed by atoms with van der Waals surface area (Å²) in [5.41, 5.74) is -2.53. The minimum absolute atomic E-state index is 0. The number of ether oxygens (including phenoxy) is 2. The zero-order valence-corrected chi connectivity index (χ0v) is 16.8. The highest BCUT2D eigenvalue weighted by atomic mass is 19.2. The number of hydrogen-bond donors (Lipinski definition) is 0. The van der Waals surface area contributed by atoms with E-state index in [4.69, 9.17) is 4.74 Å². The molecule has 0 aromatic heterocycles. The first-order valence-corrected chi connectivity index (χ1v) is 8.83. The highest BCUT2D eigenvalue weighted by molar-refractivity contribution is 5.81. The summed E-state index contributed by atoms with van der Waals surface area (Å²) in [6.07, 6.45) is -0.874. The van der Waals surface area contributed by atoms with Crippen LogP contribution in [-0.2, 0) is 9.53 Å². The molecule has 0 N–H and O–H groups in total. The lowest BCUT2D eigenvalue weighted by Crippen LogP contribution is -2.55. The van der Waals surface area contributed by atoms with Gasteiger partial charge in [-0.05, 0) is 17.8 Å². The van der Waals surface area contributed by atoms with Crippen molar-refractivity contribution in [2.45, 2.75) is 98.9 Å². The second-order valence-corrected chi connectivity index (χ2v) is 8.84. The second kappa shape index (κ2) is 13.7. The summed E-state index contributed by atoms with van der Waals surface area (Å²) in [6, 6.07) is 0. The topological polar surface area (TPSA) is 52.6 Å². The van der Waals surface area contributed by atoms with E-state index in [2.05, 4.69) is 4.74 Å². The number of carbonyl (C=O) groups excluding carboxylic acids is 2. The van der Waals surface area contributed by atoms with E-state index < -0.39 is 57.0 Å². The van der Waals surface area contributed by atoms with Crippen LogP contribution in [0.25, 0.3) is 0 Å². The first-order chi connectivity index (χ1) is 12.6. The van der Waals surface area contributed by atoms with Crippen LogP contribution in [0.2, 0.25) is 0 Å². The Bertz CT molecular complexity index is 784. The van der Waals surface area contributed by atoms with Crippen LogP contribution in [0.3, 0.4) is 0 Å². The van der Waals surface area contributed by atoms with Crippen molar-refractivity contribution in [3.63, 3.8) is 0 Å². The number of halogens is 4. The number of Topliss-reactive ketones (excluding diaryl/α,β-unsaturated/α-hetero) is 1. The first kappa shape index (κ1) is 42.1. The van der Waals surface area contributed by atoms with Gasteiger partial charge in [-0.25, -0.2) is 18.0 Å². The minimum Gasteiger partial charge on any atom is -0.433 e. The Labute approximate surface area is 205 Å². The first-order valence-electron chi connectivity index (χ1n) is 8.83. The lowest BCUT2D eigenvalue weighted by molar-refractivity contribution is -0.151. The van der Waals surface area contributed by atoms with Crippen LogP contribution in [0.4, 0.5) is 22.4 Å². The highest BCUT2D eigenvalue weighted by Crippen LogP contribution is 2.58. The van der Waals surface area contributed by atoms with E-state index in [1.807, 2.05) is 34.6 Å². The molecule has 0 unspecified atom stereocenters. The van der Waals surface area contributed by atoms with Gasteiger partial charge < -0.3 is 9.47 Å². The van der Waals surface area contributed by atoms with Gasteiger partial charge in [-0.1, -0.05) is 79.2 Å². The molecule has 1 saturated carbocycles. The van der Waals surface area contributed by atoms with Gasteiger partial charge in [-0.15, -0.1) is 0 Å². The number of benzene rings is 1. The zero-order chi connectivity index (χ0) is 21.7. The lowest BCUT2D eigenvalue weighted by atomic mass is 9.48. The molecule has 1 aromatic rings. The summed E-state index contributed by atoms with van der Waals surface area (Å²) < 4.78 is 64.2. The Balaban J connectivity index is -0.000000467. The van der Waals surface area contributed by atoms with Crippen LogP contribution in [0.1, 0.15) is 97.6 Å². The molecule has 0 saturated heterocycles. The molecule has 8 heteroatoms. The molecule has 34 heavy (non-hydrogen) atoms. The van der Waals surface area contributed by atoms with E-state index in [-0.39, 0.29) is 69.8 Å². The summed E-state index contributed by atoms with van der Waals surface area (Å²) >= 11 is 0. The monoisotopic (exact) mass is 500 g/mol. The largest absolute Gasteiger partial charge is 0.514 e. The van der Waals surface area contributed by atoms with Gasteiger partial charge >= 0.3 is 6.16 Å². The molecular formula is C26H48F4O4. The molecule has 4 nitrogen and oxygen atoms in total. The van der Waals surface area contributed by atoms with Gasteiger partial charge in [0.05, 0.1) is 0 Å². The Hall–Kier alpha value is -2.12. The van der Waals surface area contributed by atoms with Gasteiger partial charge in [0.1, 0.15) is 12.4 Å². The van der Waals surface area contributed by atoms with Crippen LogP contribution in [0, 0.1) is 46.4 Å². The Kier molecular flexibility index (Phi) is 16.9. The third kappa shape index (κ3) is 6.95. The molecule has 0 amide bonds. The molecule has 1 fully saturated rings. The van der Waals surface area contributed by atoms with Crippen molar-refractivity contribution in [2.24, 2.45) is 16.2 Å². The van der Waals surface area contributed by atoms with Gasteiger partial charge in [0, 0.05) is 23.8 Å². The Morgan fingerprint density at radius 2 is 1.18 bits per heavy atom. The fourth-order valence-corrected chi connectivity index (χ4v) is 3.87. The summed E-state index contributed by atoms with van der Waals surface area (Å²) in [4.78, 5) is 24.1. The molecule has 1 aromatic carbocycles. The highest BCUT2D eigenvalue weighted by Gasteiger charge is 2.56. The van der Waals surface area contributed by atoms with Gasteiger partial charge in [-0.3, -0.25) is 4.79 Å². The van der Waals surface area contributed by atoms with Gasteiger partial charge in [-0.2, -0.15) is 4.39 Å². The summed E-state index contributed by atoms with van der Waals surface area (Å²) in [6.45, 7) is 10.0. The number of carbonyl (C=O) groups is 2. The maximum atomic E-state index is 14.0. The molecule has 0 heterocycles. The fraction of sp³-hybridized carbons (Fsp3) is 0.692. The van der Waals surface area contributed by atoms with E-state index in [0.29, 0.717) is 0 Å². The second-order valence-electron chi connectivity index (χ2n) is 8.84. The normalized spacial score (nSPS) is 16.5. The molecule has 2 rings (SSSR count). The number of rotatable bonds is 3. The third-order valence-corrected chi connectivity index (χ3v) is 6.37. The lowest BCUT2D eigenvalue weighted by Gasteiger charge is -2.56. The summed E-state index contributed by atoms with van der Waals surface area (Å²) in [5, 5.41) is 0. The van der Waals surface area contributed by atoms with Crippen molar-refractivity contribution >= 4 is 11.9 Å². The number of ketones is 1. The molecule has 1 aliphatic carbocycles. The SMILES string of the molecule is C.C.C.C.C.C.Cc1c(F)c(F)c(F)c(OC(=O)OCC2(C)C(C)(C)CC(=O)CC2(C)C)c1F. The Morgan fingerprint density at radius 1 is 0.765 bits per heavy atom. The van der Waals surface area contributed by atoms with Crippen LogP contribution >= 0.6 is 0 Å². The molecule has 0 spiro atoms. The quantitative estimate of drug-likeness (QED) is 0.136. The van der Waals surface area contributed by atoms with E-state index in [9.17, 15) is 27.2 Å². The molecule has 204 valence electrons. The maximum absolute atomic E-state index is 14.0. The van der Waals surface area contributed by atoms with E-state index in [1.54, 1.807) is 0 Å². The predicted octanol–water partition coefficient (Wildman–Crippen LogP) is 9.31. The van der Waals surface area contributed by atoms with E-state index >= 15 is 0 Å². The van der Waals surface area contributed by atoms with Crippen molar-refractivity contribution in [1.82, 2.24) is 0 Å². The fourth-order valence-electron chi connectivity index (χ4n) is 3.87. The average Bonchev–Trinajstić information content (AvgIpc) is 2.57. The molecule has 0 aliphatic heterocycles. The summed E-state index contributed by atoms with van der Waals surface area (Å²) in [7, 11) is 0. The van der Waals surface area contributed by atoms with Crippen molar-refractivity contribution < 1.29 is 36.6 Å². The Morgan fingerprint density at radius 3 is 1.59 bits per heavy atom. The molecule has 1 aliphatic rings. The molecule has 0 atom stereocenters. The van der Waals surface area contributed by atoms with E-state index in [1.165, 1.54) is 0 Å². The average molecular weight is 501 g/mol. The van der Waals surface area contributed by atoms with Gasteiger partial charge in [0.15, 0.2) is 17.5 Å². The standard InChI is InChI=1S/C20H24F4O4.6CH4/c1-10-12(21)14(23)15(24)16(13(10)22)28-17(26)27-9-20(6)18(2,3)7-11(25)8-19(20,4)5;;;;;;/h7-9H2,1-6H3;6*1H4. The number of hydrogen-bond acceptors (Lipinski definition) is 4. The van der Waals surface area contributed by atoms with Crippen LogP contribution < -0.4 is 4.74 Å². The third-order valence-electron chi connectivity index (χ3n) is 6.37. The smallest absolute Gasteiger partial charge is 0.433 e. The van der Waals surface area contributed by atoms with Crippen LogP contribution in [0.15, 0.2) is 0 Å². The molecular weight excluding hydrogens is 452 g/mol. The van der Waals surface area contributed by atoms with Gasteiger partial charge in [0.25, 0.3) is 0 Å². The molecule has 0 radical (unpaired) electrons. The van der Waals surface area contributed by atoms with Gasteiger partial charge in [0.2, 0.25) is 11.6 Å². The molecule has 0 bridgehead atoms. The van der Waals surface area contributed by atoms with Crippen LogP contribution in [0.5, 0.6) is 5.75 Å². The summed E-state index contributed by atoms with van der Waals surface area (Å²) in [5.74, 6) is -8.38. The van der Waals surface area contributed by atoms with Crippen molar-refractivity contribution in [3.8, 4) is 5.75 Å². The zero-order valence-electron chi connectivity index (χ0n) is 16.8. The van der Waals surface area contributed by atoms with Crippen molar-refractivity contribution in [3.05, 3.63) is 28.8 Å². The van der Waals surface area contributed by atoms with Crippen molar-refractivity contribution in [1.29, 1.82) is 0 Å². The predicted molar refractivity (Wildman–Crippen MR) is 133 cm³/mol. The van der Waals surface area contributed by atoms with Crippen LogP contribution in [-0.4, -0.2) is 18.5 Å². The van der Waals surface area contributed by atoms with Crippen molar-refractivity contribution in [2.75, 3.05) is 6.61 Å².